The maximum atomic E-state index is 11.0. The van der Waals surface area contributed by atoms with E-state index >= 15 is 0 Å². The zero-order valence-electron chi connectivity index (χ0n) is 21.0. The quantitative estimate of drug-likeness (QED) is 0.325. The van der Waals surface area contributed by atoms with Gasteiger partial charge in [0.2, 0.25) is 5.90 Å². The van der Waals surface area contributed by atoms with Crippen molar-refractivity contribution in [3.63, 3.8) is 0 Å². The lowest BCUT2D eigenvalue weighted by Gasteiger charge is -2.58. The summed E-state index contributed by atoms with van der Waals surface area (Å²) >= 11 is 0. The van der Waals surface area contributed by atoms with Crippen LogP contribution in [0.5, 0.6) is 0 Å². The zero-order chi connectivity index (χ0) is 24.4. The number of hydrogen-bond donors (Lipinski definition) is 1. The van der Waals surface area contributed by atoms with Gasteiger partial charge in [-0.15, -0.1) is 0 Å². The van der Waals surface area contributed by atoms with Gasteiger partial charge in [-0.25, -0.2) is 4.99 Å². The third kappa shape index (κ3) is 3.66. The van der Waals surface area contributed by atoms with Gasteiger partial charge in [-0.3, -0.25) is 10.1 Å². The molecule has 5 aliphatic rings. The van der Waals surface area contributed by atoms with Crippen molar-refractivity contribution in [2.24, 2.45) is 39.5 Å². The molecule has 0 saturated heterocycles. The smallest absolute Gasteiger partial charge is 0.269 e. The molecule has 188 valence electrons. The van der Waals surface area contributed by atoms with E-state index in [1.54, 1.807) is 12.1 Å². The molecule has 1 aliphatic heterocycles. The van der Waals surface area contributed by atoms with Gasteiger partial charge in [0, 0.05) is 24.1 Å². The summed E-state index contributed by atoms with van der Waals surface area (Å²) in [6, 6.07) is 6.86. The number of hydrogen-bond acceptors (Lipinski definition) is 5. The van der Waals surface area contributed by atoms with Crippen molar-refractivity contribution in [2.75, 3.05) is 6.61 Å². The van der Waals surface area contributed by atoms with Gasteiger partial charge in [-0.1, -0.05) is 25.5 Å². The molecule has 35 heavy (non-hydrogen) atoms. The molecular weight excluding hydrogens is 440 g/mol. The van der Waals surface area contributed by atoms with Crippen LogP contribution in [0.25, 0.3) is 0 Å². The van der Waals surface area contributed by atoms with Gasteiger partial charge in [-0.05, 0) is 98.0 Å². The standard InChI is InChI=1S/C29H38N2O4/c1-28-14-11-21(32)17-19(28)5-8-22-23-9-10-25(29(23,2)15-12-24(22)28)26-13-16-35-27(30-26)18-3-6-20(7-4-18)31(33)34/h3-7,21-26,32H,8-17H2,1-2H3/t21-,22-,23-,24-,25+,26-,28-,29-/m0/s1. The number of aliphatic imine (C=N–C) groups is 1. The number of nitro groups is 1. The van der Waals surface area contributed by atoms with Crippen LogP contribution in [0.1, 0.15) is 77.2 Å². The van der Waals surface area contributed by atoms with Crippen LogP contribution in [0.4, 0.5) is 5.69 Å². The van der Waals surface area contributed by atoms with E-state index < -0.39 is 0 Å². The predicted molar refractivity (Wildman–Crippen MR) is 135 cm³/mol. The summed E-state index contributed by atoms with van der Waals surface area (Å²) in [5, 5.41) is 21.3. The third-order valence-electron chi connectivity index (χ3n) is 10.9. The highest BCUT2D eigenvalue weighted by atomic mass is 16.6. The lowest BCUT2D eigenvalue weighted by atomic mass is 9.47. The Labute approximate surface area is 208 Å². The SMILES string of the molecule is C[C@]12CC[C@H]3[C@@H](CC=C4C[C@@H](O)CC[C@@]43C)[C@@H]1CC[C@@H]2[C@@H]1CCOC(c2ccc([N+](=O)[O-])cc2)=N1. The summed E-state index contributed by atoms with van der Waals surface area (Å²) < 4.78 is 5.94. The molecule has 0 spiro atoms. The van der Waals surface area contributed by atoms with E-state index in [0.717, 1.165) is 49.0 Å². The zero-order valence-corrected chi connectivity index (χ0v) is 21.0. The summed E-state index contributed by atoms with van der Waals surface area (Å²) in [5.41, 5.74) is 3.05. The van der Waals surface area contributed by atoms with Crippen LogP contribution < -0.4 is 0 Å². The number of aliphatic hydroxyl groups is 1. The first-order valence-corrected chi connectivity index (χ1v) is 13.6. The normalized spacial score (nSPS) is 42.6. The highest BCUT2D eigenvalue weighted by Gasteiger charge is 2.59. The molecule has 3 saturated carbocycles. The molecule has 6 heteroatoms. The third-order valence-corrected chi connectivity index (χ3v) is 10.9. The molecule has 1 heterocycles. The van der Waals surface area contributed by atoms with Gasteiger partial charge in [0.15, 0.2) is 0 Å². The molecule has 0 bridgehead atoms. The van der Waals surface area contributed by atoms with Crippen molar-refractivity contribution < 1.29 is 14.8 Å². The van der Waals surface area contributed by atoms with E-state index in [-0.39, 0.29) is 28.2 Å². The predicted octanol–water partition coefficient (Wildman–Crippen LogP) is 6.07. The van der Waals surface area contributed by atoms with Crippen molar-refractivity contribution >= 4 is 11.6 Å². The summed E-state index contributed by atoms with van der Waals surface area (Å²) in [5.74, 6) is 3.46. The maximum Gasteiger partial charge on any atom is 0.269 e. The largest absolute Gasteiger partial charge is 0.477 e. The Kier molecular flexibility index (Phi) is 5.59. The minimum absolute atomic E-state index is 0.0930. The number of ether oxygens (including phenoxy) is 1. The number of nitro benzene ring substituents is 1. The average Bonchev–Trinajstić information content (AvgIpc) is 3.22. The second-order valence-electron chi connectivity index (χ2n) is 12.3. The number of nitrogens with zero attached hydrogens (tertiary/aromatic N) is 2. The molecule has 1 aromatic rings. The molecule has 4 aliphatic carbocycles. The van der Waals surface area contributed by atoms with E-state index in [4.69, 9.17) is 9.73 Å². The van der Waals surface area contributed by atoms with Crippen molar-refractivity contribution in [1.82, 2.24) is 0 Å². The molecule has 6 rings (SSSR count). The molecule has 0 amide bonds. The van der Waals surface area contributed by atoms with Crippen molar-refractivity contribution in [3.05, 3.63) is 51.6 Å². The number of aliphatic hydroxyl groups excluding tert-OH is 1. The van der Waals surface area contributed by atoms with Crippen LogP contribution in [-0.4, -0.2) is 34.7 Å². The molecule has 3 fully saturated rings. The Balaban J connectivity index is 1.24. The fourth-order valence-electron chi connectivity index (χ4n) is 9.02. The van der Waals surface area contributed by atoms with Crippen LogP contribution in [0.15, 0.2) is 40.9 Å². The summed E-state index contributed by atoms with van der Waals surface area (Å²) in [6.45, 7) is 5.71. The second kappa shape index (κ2) is 8.43. The van der Waals surface area contributed by atoms with Crippen LogP contribution >= 0.6 is 0 Å². The fraction of sp³-hybridized carbons (Fsp3) is 0.690. The number of allylic oxidation sites excluding steroid dienone is 1. The Bertz CT molecular complexity index is 1060. The second-order valence-corrected chi connectivity index (χ2v) is 12.3. The van der Waals surface area contributed by atoms with Gasteiger partial charge >= 0.3 is 0 Å². The summed E-state index contributed by atoms with van der Waals surface area (Å²) in [7, 11) is 0. The number of rotatable bonds is 3. The minimum Gasteiger partial charge on any atom is -0.477 e. The average molecular weight is 479 g/mol. The summed E-state index contributed by atoms with van der Waals surface area (Å²) in [4.78, 5) is 15.8. The Hall–Kier alpha value is -2.21. The molecule has 8 atom stereocenters. The minimum atomic E-state index is -0.370. The monoisotopic (exact) mass is 478 g/mol. The van der Waals surface area contributed by atoms with E-state index in [0.29, 0.717) is 23.8 Å². The van der Waals surface area contributed by atoms with E-state index in [2.05, 4.69) is 19.9 Å². The first-order chi connectivity index (χ1) is 16.8. The first-order valence-electron chi connectivity index (χ1n) is 13.6. The molecular formula is C29H38N2O4. The van der Waals surface area contributed by atoms with Gasteiger partial charge in [-0.2, -0.15) is 0 Å². The highest BCUT2D eigenvalue weighted by Crippen LogP contribution is 2.67. The van der Waals surface area contributed by atoms with Gasteiger partial charge in [0.1, 0.15) is 0 Å². The maximum absolute atomic E-state index is 11.0. The highest BCUT2D eigenvalue weighted by molar-refractivity contribution is 5.94. The molecule has 0 radical (unpaired) electrons. The van der Waals surface area contributed by atoms with Crippen molar-refractivity contribution in [2.45, 2.75) is 83.8 Å². The van der Waals surface area contributed by atoms with Crippen molar-refractivity contribution in [3.8, 4) is 0 Å². The van der Waals surface area contributed by atoms with Crippen LogP contribution in [0.3, 0.4) is 0 Å². The Morgan fingerprint density at radius 2 is 1.80 bits per heavy atom. The molecule has 0 aromatic heterocycles. The number of non-ortho nitro benzene ring substituents is 1. The molecule has 6 nitrogen and oxygen atoms in total. The molecule has 1 N–H and O–H groups in total. The van der Waals surface area contributed by atoms with E-state index in [1.807, 2.05) is 0 Å². The number of benzene rings is 1. The lowest BCUT2D eigenvalue weighted by molar-refractivity contribution is -0.384. The van der Waals surface area contributed by atoms with Crippen LogP contribution in [0.2, 0.25) is 0 Å². The Morgan fingerprint density at radius 3 is 2.57 bits per heavy atom. The summed E-state index contributed by atoms with van der Waals surface area (Å²) in [6.07, 6.45) is 12.6. The molecule has 1 aromatic carbocycles. The van der Waals surface area contributed by atoms with Crippen molar-refractivity contribution in [1.29, 1.82) is 0 Å². The fourth-order valence-corrected chi connectivity index (χ4v) is 9.02. The van der Waals surface area contributed by atoms with Crippen LogP contribution in [-0.2, 0) is 4.74 Å². The first kappa shape index (κ1) is 23.2. The van der Waals surface area contributed by atoms with Gasteiger partial charge in [0.05, 0.1) is 23.7 Å². The van der Waals surface area contributed by atoms with E-state index in [9.17, 15) is 15.2 Å². The topological polar surface area (TPSA) is 85.0 Å². The van der Waals surface area contributed by atoms with Crippen LogP contribution in [0, 0.1) is 44.6 Å². The van der Waals surface area contributed by atoms with E-state index in [1.165, 1.54) is 49.8 Å². The molecule has 0 unspecified atom stereocenters. The van der Waals surface area contributed by atoms with Gasteiger partial charge in [0.25, 0.3) is 5.69 Å². The number of fused-ring (bicyclic) bond motifs is 5. The Morgan fingerprint density at radius 1 is 1.03 bits per heavy atom. The van der Waals surface area contributed by atoms with Gasteiger partial charge < -0.3 is 9.84 Å². The lowest BCUT2D eigenvalue weighted by Crippen LogP contribution is -2.51.